The molecule has 90 valence electrons. The molecule has 17 heavy (non-hydrogen) atoms. The molecule has 0 fully saturated rings. The number of unbranched alkanes of at least 4 members (excludes halogenated alkanes) is 1. The quantitative estimate of drug-likeness (QED) is 0.809. The van der Waals surface area contributed by atoms with E-state index < -0.39 is 0 Å². The highest BCUT2D eigenvalue weighted by atomic mass is 16.2. The van der Waals surface area contributed by atoms with Gasteiger partial charge in [0.15, 0.2) is 0 Å². The normalized spacial score (nSPS) is 10.7. The molecule has 0 N–H and O–H groups in total. The van der Waals surface area contributed by atoms with Crippen molar-refractivity contribution in [3.8, 4) is 0 Å². The Bertz CT molecular complexity index is 518. The molecule has 0 atom stereocenters. The maximum atomic E-state index is 12.1. The summed E-state index contributed by atoms with van der Waals surface area (Å²) >= 11 is 0. The van der Waals surface area contributed by atoms with Gasteiger partial charge in [-0.25, -0.2) is 4.98 Å². The van der Waals surface area contributed by atoms with Crippen LogP contribution in [0.1, 0.15) is 30.1 Å². The van der Waals surface area contributed by atoms with Crippen LogP contribution in [0.2, 0.25) is 0 Å². The Labute approximate surface area is 101 Å². The standard InChI is InChI=1S/C13H17N3O/c1-3-4-6-15(2)13(17)11-5-7-16-10-14-9-12(16)8-11/h5,7-10H,3-4,6H2,1-2H3. The van der Waals surface area contributed by atoms with Gasteiger partial charge in [0, 0.05) is 25.4 Å². The average Bonchev–Trinajstić information content (AvgIpc) is 2.81. The van der Waals surface area contributed by atoms with Gasteiger partial charge < -0.3 is 9.30 Å². The molecule has 2 aromatic rings. The lowest BCUT2D eigenvalue weighted by atomic mass is 10.2. The lowest BCUT2D eigenvalue weighted by Crippen LogP contribution is -2.27. The molecule has 0 saturated carbocycles. The highest BCUT2D eigenvalue weighted by Gasteiger charge is 2.11. The van der Waals surface area contributed by atoms with Crippen LogP contribution in [0.15, 0.2) is 30.9 Å². The number of imidazole rings is 1. The van der Waals surface area contributed by atoms with Gasteiger partial charge in [0.25, 0.3) is 5.91 Å². The van der Waals surface area contributed by atoms with Crippen LogP contribution < -0.4 is 0 Å². The second kappa shape index (κ2) is 4.99. The highest BCUT2D eigenvalue weighted by molar-refractivity contribution is 5.95. The van der Waals surface area contributed by atoms with E-state index >= 15 is 0 Å². The molecule has 0 unspecified atom stereocenters. The van der Waals surface area contributed by atoms with Crippen LogP contribution in [0.3, 0.4) is 0 Å². The Morgan fingerprint density at radius 1 is 1.53 bits per heavy atom. The molecule has 4 nitrogen and oxygen atoms in total. The summed E-state index contributed by atoms with van der Waals surface area (Å²) in [5.41, 5.74) is 1.66. The van der Waals surface area contributed by atoms with Crippen LogP contribution in [0, 0.1) is 0 Å². The number of hydrogen-bond donors (Lipinski definition) is 0. The molecule has 2 rings (SSSR count). The molecule has 2 heterocycles. The minimum absolute atomic E-state index is 0.0714. The second-order valence-electron chi connectivity index (χ2n) is 4.22. The zero-order valence-corrected chi connectivity index (χ0v) is 10.3. The molecule has 0 aliphatic heterocycles. The first-order valence-electron chi connectivity index (χ1n) is 5.89. The van der Waals surface area contributed by atoms with Crippen molar-refractivity contribution in [2.24, 2.45) is 0 Å². The smallest absolute Gasteiger partial charge is 0.253 e. The fourth-order valence-electron chi connectivity index (χ4n) is 1.77. The fourth-order valence-corrected chi connectivity index (χ4v) is 1.77. The van der Waals surface area contributed by atoms with E-state index in [0.29, 0.717) is 0 Å². The Morgan fingerprint density at radius 3 is 3.12 bits per heavy atom. The van der Waals surface area contributed by atoms with Crippen molar-refractivity contribution < 1.29 is 4.79 Å². The Balaban J connectivity index is 2.17. The SMILES string of the molecule is CCCCN(C)C(=O)c1ccn2cncc2c1. The number of carbonyl (C=O) groups is 1. The molecular weight excluding hydrogens is 214 g/mol. The summed E-state index contributed by atoms with van der Waals surface area (Å²) in [5, 5.41) is 0. The summed E-state index contributed by atoms with van der Waals surface area (Å²) in [7, 11) is 1.85. The Kier molecular flexibility index (Phi) is 3.42. The summed E-state index contributed by atoms with van der Waals surface area (Å²) < 4.78 is 1.89. The minimum Gasteiger partial charge on any atom is -0.342 e. The molecule has 0 aliphatic rings. The van der Waals surface area contributed by atoms with Gasteiger partial charge in [-0.15, -0.1) is 0 Å². The number of hydrogen-bond acceptors (Lipinski definition) is 2. The summed E-state index contributed by atoms with van der Waals surface area (Å²) in [6.45, 7) is 2.93. The lowest BCUT2D eigenvalue weighted by Gasteiger charge is -2.16. The van der Waals surface area contributed by atoms with Crippen molar-refractivity contribution >= 4 is 11.4 Å². The number of nitrogens with zero attached hydrogens (tertiary/aromatic N) is 3. The first-order chi connectivity index (χ1) is 8.22. The number of carbonyl (C=O) groups excluding carboxylic acids is 1. The summed E-state index contributed by atoms with van der Waals surface area (Å²) in [6.07, 6.45) is 7.48. The van der Waals surface area contributed by atoms with E-state index in [2.05, 4.69) is 11.9 Å². The van der Waals surface area contributed by atoms with E-state index in [1.165, 1.54) is 0 Å². The largest absolute Gasteiger partial charge is 0.342 e. The Morgan fingerprint density at radius 2 is 2.35 bits per heavy atom. The maximum absolute atomic E-state index is 12.1. The predicted molar refractivity (Wildman–Crippen MR) is 67.1 cm³/mol. The molecule has 0 radical (unpaired) electrons. The van der Waals surface area contributed by atoms with Crippen molar-refractivity contribution in [1.29, 1.82) is 0 Å². The van der Waals surface area contributed by atoms with Gasteiger partial charge in [-0.05, 0) is 18.6 Å². The number of amides is 1. The van der Waals surface area contributed by atoms with Crippen LogP contribution >= 0.6 is 0 Å². The number of aromatic nitrogens is 2. The van der Waals surface area contributed by atoms with Gasteiger partial charge in [0.1, 0.15) is 0 Å². The summed E-state index contributed by atoms with van der Waals surface area (Å²) in [4.78, 5) is 17.9. The van der Waals surface area contributed by atoms with E-state index in [-0.39, 0.29) is 5.91 Å². The molecule has 0 saturated heterocycles. The zero-order chi connectivity index (χ0) is 12.3. The second-order valence-corrected chi connectivity index (χ2v) is 4.22. The van der Waals surface area contributed by atoms with Crippen LogP contribution in [0.5, 0.6) is 0 Å². The molecule has 0 aromatic carbocycles. The van der Waals surface area contributed by atoms with Gasteiger partial charge in [0.05, 0.1) is 18.0 Å². The molecule has 0 spiro atoms. The van der Waals surface area contributed by atoms with Crippen molar-refractivity contribution in [3.63, 3.8) is 0 Å². The van der Waals surface area contributed by atoms with Crippen LogP contribution in [-0.2, 0) is 0 Å². The molecule has 0 aliphatic carbocycles. The zero-order valence-electron chi connectivity index (χ0n) is 10.3. The monoisotopic (exact) mass is 231 g/mol. The third-order valence-electron chi connectivity index (χ3n) is 2.85. The fraction of sp³-hybridized carbons (Fsp3) is 0.385. The average molecular weight is 231 g/mol. The van der Waals surface area contributed by atoms with Gasteiger partial charge in [0.2, 0.25) is 0 Å². The molecule has 2 aromatic heterocycles. The first-order valence-corrected chi connectivity index (χ1v) is 5.89. The third kappa shape index (κ3) is 2.46. The van der Waals surface area contributed by atoms with Gasteiger partial charge in [-0.3, -0.25) is 4.79 Å². The molecule has 0 bridgehead atoms. The number of fused-ring (bicyclic) bond motifs is 1. The van der Waals surface area contributed by atoms with Crippen molar-refractivity contribution in [1.82, 2.24) is 14.3 Å². The van der Waals surface area contributed by atoms with Crippen molar-refractivity contribution in [2.45, 2.75) is 19.8 Å². The summed E-state index contributed by atoms with van der Waals surface area (Å²) in [6, 6.07) is 3.71. The lowest BCUT2D eigenvalue weighted by molar-refractivity contribution is 0.0793. The minimum atomic E-state index is 0.0714. The third-order valence-corrected chi connectivity index (χ3v) is 2.85. The van der Waals surface area contributed by atoms with Crippen LogP contribution in [-0.4, -0.2) is 33.8 Å². The van der Waals surface area contributed by atoms with E-state index in [1.54, 1.807) is 17.4 Å². The Hall–Kier alpha value is -1.84. The van der Waals surface area contributed by atoms with Crippen LogP contribution in [0.25, 0.3) is 5.52 Å². The molecular formula is C13H17N3O. The van der Waals surface area contributed by atoms with Crippen molar-refractivity contribution in [3.05, 3.63) is 36.4 Å². The van der Waals surface area contributed by atoms with Crippen LogP contribution in [0.4, 0.5) is 0 Å². The summed E-state index contributed by atoms with van der Waals surface area (Å²) in [5.74, 6) is 0.0714. The maximum Gasteiger partial charge on any atom is 0.253 e. The topological polar surface area (TPSA) is 37.6 Å². The van der Waals surface area contributed by atoms with E-state index in [4.69, 9.17) is 0 Å². The number of rotatable bonds is 4. The van der Waals surface area contributed by atoms with E-state index in [1.807, 2.05) is 29.8 Å². The van der Waals surface area contributed by atoms with Crippen molar-refractivity contribution in [2.75, 3.05) is 13.6 Å². The highest BCUT2D eigenvalue weighted by Crippen LogP contribution is 2.09. The molecule has 1 amide bonds. The first kappa shape index (κ1) is 11.6. The van der Waals surface area contributed by atoms with Gasteiger partial charge in [-0.2, -0.15) is 0 Å². The predicted octanol–water partition coefficient (Wildman–Crippen LogP) is 2.21. The number of pyridine rings is 1. The van der Waals surface area contributed by atoms with E-state index in [9.17, 15) is 4.79 Å². The van der Waals surface area contributed by atoms with E-state index in [0.717, 1.165) is 30.5 Å². The van der Waals surface area contributed by atoms with Gasteiger partial charge >= 0.3 is 0 Å². The molecule has 4 heteroatoms. The van der Waals surface area contributed by atoms with Gasteiger partial charge in [-0.1, -0.05) is 13.3 Å².